The Balaban J connectivity index is 2.10. The zero-order chi connectivity index (χ0) is 12.3. The lowest BCUT2D eigenvalue weighted by molar-refractivity contribution is 0.230. The van der Waals surface area contributed by atoms with Crippen molar-refractivity contribution in [1.82, 2.24) is 0 Å². The van der Waals surface area contributed by atoms with Gasteiger partial charge in [-0.25, -0.2) is 0 Å². The van der Waals surface area contributed by atoms with Crippen LogP contribution in [0.2, 0.25) is 5.02 Å². The summed E-state index contributed by atoms with van der Waals surface area (Å²) in [4.78, 5) is 0. The SMILES string of the molecule is C[C@@H](N)c1ccc(OC2C=CCCC2)c(Cl)c1. The number of halogens is 1. The highest BCUT2D eigenvalue weighted by Crippen LogP contribution is 2.29. The van der Waals surface area contributed by atoms with Gasteiger partial charge in [0.2, 0.25) is 0 Å². The van der Waals surface area contributed by atoms with Crippen LogP contribution in [0.5, 0.6) is 5.75 Å². The maximum Gasteiger partial charge on any atom is 0.138 e. The molecule has 0 bridgehead atoms. The summed E-state index contributed by atoms with van der Waals surface area (Å²) in [5, 5.41) is 0.638. The molecule has 1 aliphatic carbocycles. The lowest BCUT2D eigenvalue weighted by Crippen LogP contribution is -2.16. The molecule has 0 saturated carbocycles. The van der Waals surface area contributed by atoms with Crippen LogP contribution >= 0.6 is 11.6 Å². The monoisotopic (exact) mass is 251 g/mol. The van der Waals surface area contributed by atoms with Crippen LogP contribution in [0.15, 0.2) is 30.4 Å². The number of benzene rings is 1. The molecule has 0 aliphatic heterocycles. The predicted octanol–water partition coefficient (Wildman–Crippen LogP) is 3.85. The van der Waals surface area contributed by atoms with E-state index >= 15 is 0 Å². The van der Waals surface area contributed by atoms with Gasteiger partial charge in [-0.15, -0.1) is 0 Å². The normalized spacial score (nSPS) is 21.2. The average molecular weight is 252 g/mol. The van der Waals surface area contributed by atoms with Gasteiger partial charge in [0.05, 0.1) is 5.02 Å². The van der Waals surface area contributed by atoms with E-state index in [1.165, 1.54) is 6.42 Å². The first-order valence-electron chi connectivity index (χ1n) is 6.05. The van der Waals surface area contributed by atoms with Crippen molar-refractivity contribution in [3.8, 4) is 5.75 Å². The van der Waals surface area contributed by atoms with Crippen molar-refractivity contribution >= 4 is 11.6 Å². The Labute approximate surface area is 107 Å². The van der Waals surface area contributed by atoms with Crippen LogP contribution in [-0.4, -0.2) is 6.10 Å². The van der Waals surface area contributed by atoms with Crippen LogP contribution in [0, 0.1) is 0 Å². The van der Waals surface area contributed by atoms with Gasteiger partial charge in [0, 0.05) is 6.04 Å². The number of ether oxygens (including phenoxy) is 1. The fraction of sp³-hybridized carbons (Fsp3) is 0.429. The molecule has 0 radical (unpaired) electrons. The molecule has 1 aromatic rings. The Morgan fingerprint density at radius 3 is 2.88 bits per heavy atom. The molecule has 17 heavy (non-hydrogen) atoms. The Hall–Kier alpha value is -0.990. The van der Waals surface area contributed by atoms with E-state index in [4.69, 9.17) is 22.1 Å². The molecule has 1 aliphatic rings. The van der Waals surface area contributed by atoms with Gasteiger partial charge >= 0.3 is 0 Å². The molecule has 92 valence electrons. The summed E-state index contributed by atoms with van der Waals surface area (Å²) in [5.41, 5.74) is 6.84. The maximum absolute atomic E-state index is 6.19. The molecular weight excluding hydrogens is 234 g/mol. The summed E-state index contributed by atoms with van der Waals surface area (Å²) < 4.78 is 5.86. The second-order valence-electron chi connectivity index (χ2n) is 4.49. The molecule has 3 heteroatoms. The zero-order valence-electron chi connectivity index (χ0n) is 10.0. The van der Waals surface area contributed by atoms with Gasteiger partial charge in [-0.2, -0.15) is 0 Å². The highest BCUT2D eigenvalue weighted by molar-refractivity contribution is 6.32. The minimum absolute atomic E-state index is 0.00359. The van der Waals surface area contributed by atoms with Gasteiger partial charge in [-0.3, -0.25) is 0 Å². The highest BCUT2D eigenvalue weighted by atomic mass is 35.5. The summed E-state index contributed by atoms with van der Waals surface area (Å²) in [6.45, 7) is 1.94. The summed E-state index contributed by atoms with van der Waals surface area (Å²) >= 11 is 6.19. The van der Waals surface area contributed by atoms with E-state index in [1.807, 2.05) is 25.1 Å². The summed E-state index contributed by atoms with van der Waals surface area (Å²) in [5.74, 6) is 0.743. The van der Waals surface area contributed by atoms with Crippen molar-refractivity contribution in [3.05, 3.63) is 40.9 Å². The molecule has 1 aromatic carbocycles. The van der Waals surface area contributed by atoms with E-state index in [9.17, 15) is 0 Å². The van der Waals surface area contributed by atoms with Gasteiger partial charge in [0.15, 0.2) is 0 Å². The van der Waals surface area contributed by atoms with E-state index in [1.54, 1.807) is 0 Å². The van der Waals surface area contributed by atoms with Crippen molar-refractivity contribution in [2.45, 2.75) is 38.3 Å². The summed E-state index contributed by atoms with van der Waals surface area (Å²) in [7, 11) is 0. The minimum atomic E-state index is -0.00359. The molecule has 2 nitrogen and oxygen atoms in total. The molecule has 0 saturated heterocycles. The third kappa shape index (κ3) is 3.24. The third-order valence-corrected chi connectivity index (χ3v) is 3.27. The minimum Gasteiger partial charge on any atom is -0.485 e. The Kier molecular flexibility index (Phi) is 4.08. The van der Waals surface area contributed by atoms with Crippen LogP contribution in [0.1, 0.15) is 37.8 Å². The van der Waals surface area contributed by atoms with Crippen LogP contribution in [0.4, 0.5) is 0 Å². The molecule has 2 rings (SSSR count). The molecule has 2 N–H and O–H groups in total. The average Bonchev–Trinajstić information content (AvgIpc) is 2.33. The number of allylic oxidation sites excluding steroid dienone is 1. The molecule has 0 aromatic heterocycles. The van der Waals surface area contributed by atoms with Crippen LogP contribution in [0.25, 0.3) is 0 Å². The van der Waals surface area contributed by atoms with Gasteiger partial charge in [-0.1, -0.05) is 23.7 Å². The smallest absolute Gasteiger partial charge is 0.138 e. The lowest BCUT2D eigenvalue weighted by Gasteiger charge is -2.19. The van der Waals surface area contributed by atoms with Crippen molar-refractivity contribution in [2.75, 3.05) is 0 Å². The van der Waals surface area contributed by atoms with E-state index < -0.39 is 0 Å². The number of nitrogens with two attached hydrogens (primary N) is 1. The van der Waals surface area contributed by atoms with Crippen LogP contribution < -0.4 is 10.5 Å². The number of rotatable bonds is 3. The fourth-order valence-corrected chi connectivity index (χ4v) is 2.17. The number of hydrogen-bond donors (Lipinski definition) is 1. The highest BCUT2D eigenvalue weighted by Gasteiger charge is 2.12. The van der Waals surface area contributed by atoms with Crippen molar-refractivity contribution in [2.24, 2.45) is 5.73 Å². The molecule has 0 spiro atoms. The first kappa shape index (κ1) is 12.5. The van der Waals surface area contributed by atoms with E-state index in [2.05, 4.69) is 12.2 Å². The standard InChI is InChI=1S/C14H18ClNO/c1-10(16)11-7-8-14(13(15)9-11)17-12-5-3-2-4-6-12/h3,5,7-10,12H,2,4,6,16H2,1H3/t10-,12?/m1/s1. The molecule has 1 unspecified atom stereocenters. The Bertz CT molecular complexity index is 415. The Morgan fingerprint density at radius 2 is 2.29 bits per heavy atom. The van der Waals surface area contributed by atoms with Crippen molar-refractivity contribution in [3.63, 3.8) is 0 Å². The van der Waals surface area contributed by atoms with Crippen LogP contribution in [-0.2, 0) is 0 Å². The first-order valence-corrected chi connectivity index (χ1v) is 6.43. The quantitative estimate of drug-likeness (QED) is 0.829. The van der Waals surface area contributed by atoms with Crippen molar-refractivity contribution in [1.29, 1.82) is 0 Å². The summed E-state index contributed by atoms with van der Waals surface area (Å²) in [6.07, 6.45) is 7.82. The molecular formula is C14H18ClNO. The van der Waals surface area contributed by atoms with Gasteiger partial charge in [0.25, 0.3) is 0 Å². The second kappa shape index (κ2) is 5.56. The molecule has 2 atom stereocenters. The first-order chi connectivity index (χ1) is 8.16. The van der Waals surface area contributed by atoms with E-state index in [0.717, 1.165) is 24.2 Å². The third-order valence-electron chi connectivity index (χ3n) is 2.97. The predicted molar refractivity (Wildman–Crippen MR) is 71.5 cm³/mol. The molecule has 0 heterocycles. The Morgan fingerprint density at radius 1 is 1.47 bits per heavy atom. The molecule has 0 amide bonds. The van der Waals surface area contributed by atoms with E-state index in [-0.39, 0.29) is 12.1 Å². The lowest BCUT2D eigenvalue weighted by atomic mass is 10.1. The van der Waals surface area contributed by atoms with Gasteiger partial charge in [-0.05, 0) is 50.0 Å². The number of hydrogen-bond acceptors (Lipinski definition) is 2. The van der Waals surface area contributed by atoms with Gasteiger partial charge in [0.1, 0.15) is 11.9 Å². The fourth-order valence-electron chi connectivity index (χ4n) is 1.94. The van der Waals surface area contributed by atoms with Crippen molar-refractivity contribution < 1.29 is 4.74 Å². The summed E-state index contributed by atoms with van der Waals surface area (Å²) in [6, 6.07) is 5.76. The van der Waals surface area contributed by atoms with Gasteiger partial charge < -0.3 is 10.5 Å². The second-order valence-corrected chi connectivity index (χ2v) is 4.90. The van der Waals surface area contributed by atoms with E-state index in [0.29, 0.717) is 5.02 Å². The zero-order valence-corrected chi connectivity index (χ0v) is 10.8. The largest absolute Gasteiger partial charge is 0.485 e. The molecule has 0 fully saturated rings. The topological polar surface area (TPSA) is 35.2 Å². The van der Waals surface area contributed by atoms with Crippen LogP contribution in [0.3, 0.4) is 0 Å². The maximum atomic E-state index is 6.19.